The Hall–Kier alpha value is -4.35. The second-order valence-corrected chi connectivity index (χ2v) is 10.7. The lowest BCUT2D eigenvalue weighted by Gasteiger charge is -2.17. The molecule has 12 heteroatoms. The molecule has 2 heterocycles. The molecular weight excluding hydrogens is 554 g/mol. The number of carbonyl (C=O) groups is 1. The van der Waals surface area contributed by atoms with E-state index < -0.39 is 11.1 Å². The third-order valence-corrected chi connectivity index (χ3v) is 7.78. The van der Waals surface area contributed by atoms with E-state index in [2.05, 4.69) is 20.6 Å². The Morgan fingerprint density at radius 1 is 1.02 bits per heavy atom. The first-order valence-corrected chi connectivity index (χ1v) is 13.7. The molecule has 0 fully saturated rings. The number of carbonyl (C=O) groups excluding carboxylic acids is 1. The van der Waals surface area contributed by atoms with Gasteiger partial charge in [-0.05, 0) is 92.9 Å². The maximum Gasteiger partial charge on any atom is 0.262 e. The van der Waals surface area contributed by atoms with Crippen molar-refractivity contribution < 1.29 is 23.0 Å². The fourth-order valence-electron chi connectivity index (χ4n) is 4.41. The number of aromatic nitrogens is 4. The van der Waals surface area contributed by atoms with Gasteiger partial charge in [-0.1, -0.05) is 17.7 Å². The number of aryl methyl sites for hydroxylation is 3. The number of anilines is 1. The van der Waals surface area contributed by atoms with E-state index in [1.807, 2.05) is 33.8 Å². The highest BCUT2D eigenvalue weighted by atomic mass is 35.5. The fourth-order valence-corrected chi connectivity index (χ4v) is 5.31. The molecule has 1 atom stereocenters. The maximum absolute atomic E-state index is 12.9. The lowest BCUT2D eigenvalue weighted by molar-refractivity contribution is -0.118. The van der Waals surface area contributed by atoms with E-state index >= 15 is 0 Å². The number of nitrogens with one attached hydrogen (secondary N) is 2. The van der Waals surface area contributed by atoms with Gasteiger partial charge in [-0.15, -0.1) is 10.2 Å². The Bertz CT molecular complexity index is 1750. The van der Waals surface area contributed by atoms with E-state index in [4.69, 9.17) is 20.5 Å². The molecule has 0 aliphatic rings. The van der Waals surface area contributed by atoms with Gasteiger partial charge in [0.15, 0.2) is 18.1 Å². The summed E-state index contributed by atoms with van der Waals surface area (Å²) in [5.74, 6) is 1.14. The first-order valence-electron chi connectivity index (χ1n) is 12.2. The summed E-state index contributed by atoms with van der Waals surface area (Å²) in [6.07, 6.45) is 0. The predicted octanol–water partition coefficient (Wildman–Crippen LogP) is 5.44. The smallest absolute Gasteiger partial charge is 0.262 e. The molecule has 1 unspecified atom stereocenters. The lowest BCUT2D eigenvalue weighted by atomic mass is 9.96. The fraction of sp³-hybridized carbons (Fsp3) is 0.179. The standard InChI is InChI=1S/C28H26ClN5O5S/c1-15-13-16(2)26(17(3)24(15)27-31-32-28-25(29)18(4)33-34(27)28)30-23(36)14-38-20-9-11-22(12-10-20)40(37)39-21-7-5-19(35)6-8-21/h5-13,33,35H,14H2,1-4H3,(H,30,36). The van der Waals surface area contributed by atoms with Crippen molar-refractivity contribution in [2.45, 2.75) is 32.6 Å². The number of aromatic amines is 1. The molecule has 5 rings (SSSR count). The van der Waals surface area contributed by atoms with E-state index in [-0.39, 0.29) is 18.3 Å². The highest BCUT2D eigenvalue weighted by molar-refractivity contribution is 7.80. The molecule has 3 aromatic carbocycles. The summed E-state index contributed by atoms with van der Waals surface area (Å²) in [4.78, 5) is 13.3. The van der Waals surface area contributed by atoms with Crippen LogP contribution < -0.4 is 14.2 Å². The molecule has 0 bridgehead atoms. The summed E-state index contributed by atoms with van der Waals surface area (Å²) in [6.45, 7) is 7.46. The van der Waals surface area contributed by atoms with Crippen molar-refractivity contribution in [1.82, 2.24) is 19.8 Å². The van der Waals surface area contributed by atoms with Crippen molar-refractivity contribution in [3.8, 4) is 28.6 Å². The number of nitrogens with zero attached hydrogens (tertiary/aromatic N) is 3. The third kappa shape index (κ3) is 5.38. The first kappa shape index (κ1) is 27.2. The van der Waals surface area contributed by atoms with E-state index in [1.54, 1.807) is 28.8 Å². The van der Waals surface area contributed by atoms with Gasteiger partial charge in [0.1, 0.15) is 22.3 Å². The summed E-state index contributed by atoms with van der Waals surface area (Å²) >= 11 is 4.58. The van der Waals surface area contributed by atoms with Crippen molar-refractivity contribution in [2.24, 2.45) is 0 Å². The van der Waals surface area contributed by atoms with Crippen molar-refractivity contribution in [1.29, 1.82) is 0 Å². The molecule has 0 radical (unpaired) electrons. The minimum absolute atomic E-state index is 0.0885. The van der Waals surface area contributed by atoms with Crippen molar-refractivity contribution >= 4 is 39.9 Å². The molecule has 206 valence electrons. The van der Waals surface area contributed by atoms with Crippen LogP contribution in [0.2, 0.25) is 5.02 Å². The molecular formula is C28H26ClN5O5S. The first-order chi connectivity index (χ1) is 19.1. The minimum Gasteiger partial charge on any atom is -0.508 e. The number of halogens is 1. The van der Waals surface area contributed by atoms with Gasteiger partial charge in [-0.25, -0.2) is 8.72 Å². The van der Waals surface area contributed by atoms with Crippen LogP contribution in [-0.4, -0.2) is 41.6 Å². The molecule has 0 saturated heterocycles. The maximum atomic E-state index is 12.9. The zero-order chi connectivity index (χ0) is 28.6. The second-order valence-electron chi connectivity index (χ2n) is 9.24. The minimum atomic E-state index is -1.76. The van der Waals surface area contributed by atoms with Crippen molar-refractivity contribution in [3.05, 3.63) is 82.0 Å². The number of hydrogen-bond donors (Lipinski definition) is 3. The number of H-pyrrole nitrogens is 1. The molecule has 2 aromatic heterocycles. The number of amides is 1. The van der Waals surface area contributed by atoms with Crippen LogP contribution in [-0.2, 0) is 15.9 Å². The van der Waals surface area contributed by atoms with Gasteiger partial charge in [0.05, 0.1) is 10.6 Å². The van der Waals surface area contributed by atoms with Gasteiger partial charge in [0.25, 0.3) is 5.91 Å². The number of fused-ring (bicyclic) bond motifs is 1. The van der Waals surface area contributed by atoms with Crippen LogP contribution in [0.3, 0.4) is 0 Å². The number of phenols is 1. The Morgan fingerprint density at radius 2 is 1.70 bits per heavy atom. The van der Waals surface area contributed by atoms with Crippen LogP contribution >= 0.6 is 11.6 Å². The van der Waals surface area contributed by atoms with Crippen LogP contribution in [0.4, 0.5) is 5.69 Å². The molecule has 0 spiro atoms. The third-order valence-electron chi connectivity index (χ3n) is 6.32. The van der Waals surface area contributed by atoms with Crippen LogP contribution in [0, 0.1) is 27.7 Å². The quantitative estimate of drug-likeness (QED) is 0.223. The zero-order valence-corrected chi connectivity index (χ0v) is 23.7. The number of phenolic OH excluding ortho intramolecular Hbond substituents is 1. The average Bonchev–Trinajstić information content (AvgIpc) is 3.45. The summed E-state index contributed by atoms with van der Waals surface area (Å²) in [5, 5.41) is 24.6. The van der Waals surface area contributed by atoms with Crippen LogP contribution in [0.15, 0.2) is 59.5 Å². The topological polar surface area (TPSA) is 131 Å². The highest BCUT2D eigenvalue weighted by Gasteiger charge is 2.21. The van der Waals surface area contributed by atoms with Gasteiger partial charge < -0.3 is 19.3 Å². The van der Waals surface area contributed by atoms with E-state index in [9.17, 15) is 14.1 Å². The molecule has 0 aliphatic heterocycles. The van der Waals surface area contributed by atoms with E-state index in [0.717, 1.165) is 27.9 Å². The monoisotopic (exact) mass is 579 g/mol. The lowest BCUT2D eigenvalue weighted by Crippen LogP contribution is -2.21. The summed E-state index contributed by atoms with van der Waals surface area (Å²) in [7, 11) is 0. The van der Waals surface area contributed by atoms with Gasteiger partial charge in [0, 0.05) is 11.3 Å². The SMILES string of the molecule is Cc1cc(C)c(-c2nnc3c(Cl)c(C)[nH]n23)c(C)c1NC(=O)COc1ccc(S(=O)Oc2ccc(O)cc2)cc1. The number of ether oxygens (including phenoxy) is 1. The number of aromatic hydroxyl groups is 1. The molecule has 10 nitrogen and oxygen atoms in total. The van der Waals surface area contributed by atoms with Crippen LogP contribution in [0.5, 0.6) is 17.2 Å². The molecule has 3 N–H and O–H groups in total. The van der Waals surface area contributed by atoms with Gasteiger partial charge >= 0.3 is 0 Å². The van der Waals surface area contributed by atoms with Gasteiger partial charge in [-0.2, -0.15) is 0 Å². The van der Waals surface area contributed by atoms with Gasteiger partial charge in [0.2, 0.25) is 11.1 Å². The number of benzene rings is 3. The molecule has 1 amide bonds. The molecule has 0 saturated carbocycles. The highest BCUT2D eigenvalue weighted by Crippen LogP contribution is 2.35. The van der Waals surface area contributed by atoms with E-state index in [0.29, 0.717) is 38.6 Å². The molecule has 40 heavy (non-hydrogen) atoms. The second kappa shape index (κ2) is 11.0. The molecule has 5 aromatic rings. The van der Waals surface area contributed by atoms with Crippen molar-refractivity contribution in [2.75, 3.05) is 11.9 Å². The summed E-state index contributed by atoms with van der Waals surface area (Å²) in [6, 6.07) is 14.3. The summed E-state index contributed by atoms with van der Waals surface area (Å²) in [5.41, 5.74) is 5.54. The van der Waals surface area contributed by atoms with Crippen LogP contribution in [0.1, 0.15) is 22.4 Å². The number of rotatable bonds is 8. The Labute approximate surface area is 237 Å². The number of hydrogen-bond acceptors (Lipinski definition) is 7. The normalized spacial score (nSPS) is 11.9. The molecule has 0 aliphatic carbocycles. The van der Waals surface area contributed by atoms with Gasteiger partial charge in [-0.3, -0.25) is 9.89 Å². The Balaban J connectivity index is 1.26. The Morgan fingerprint density at radius 3 is 2.40 bits per heavy atom. The Kier molecular flexibility index (Phi) is 7.51. The average molecular weight is 580 g/mol. The summed E-state index contributed by atoms with van der Waals surface area (Å²) < 4.78 is 25.3. The zero-order valence-electron chi connectivity index (χ0n) is 22.1. The van der Waals surface area contributed by atoms with Crippen molar-refractivity contribution in [3.63, 3.8) is 0 Å². The predicted molar refractivity (Wildman–Crippen MR) is 152 cm³/mol. The van der Waals surface area contributed by atoms with E-state index in [1.165, 1.54) is 24.3 Å². The van der Waals surface area contributed by atoms with Crippen LogP contribution in [0.25, 0.3) is 17.0 Å². The largest absolute Gasteiger partial charge is 0.508 e.